The van der Waals surface area contributed by atoms with E-state index in [1.165, 1.54) is 18.3 Å². The van der Waals surface area contributed by atoms with E-state index in [1.807, 2.05) is 36.4 Å². The van der Waals surface area contributed by atoms with Gasteiger partial charge in [0.25, 0.3) is 0 Å². The summed E-state index contributed by atoms with van der Waals surface area (Å²) in [5.41, 5.74) is 3.83. The van der Waals surface area contributed by atoms with Crippen molar-refractivity contribution in [1.29, 1.82) is 5.26 Å². The van der Waals surface area contributed by atoms with Crippen LogP contribution < -0.4 is 10.7 Å². The summed E-state index contributed by atoms with van der Waals surface area (Å²) in [5.74, 6) is -1.72. The number of carbonyl (C=O) groups excluding carboxylic acids is 2. The molecule has 0 aromatic heterocycles. The van der Waals surface area contributed by atoms with Gasteiger partial charge < -0.3 is 5.32 Å². The summed E-state index contributed by atoms with van der Waals surface area (Å²) in [4.78, 5) is 23.2. The summed E-state index contributed by atoms with van der Waals surface area (Å²) in [7, 11) is 0. The van der Waals surface area contributed by atoms with Gasteiger partial charge in [0.05, 0.1) is 17.8 Å². The molecule has 0 atom stereocenters. The van der Waals surface area contributed by atoms with Crippen LogP contribution in [0.15, 0.2) is 59.7 Å². The number of nitriles is 1. The number of carbonyl (C=O) groups is 2. The topological polar surface area (TPSA) is 94.4 Å². The van der Waals surface area contributed by atoms with Crippen molar-refractivity contribution in [3.63, 3.8) is 0 Å². The van der Waals surface area contributed by atoms with Gasteiger partial charge in [-0.2, -0.15) is 10.4 Å². The minimum Gasteiger partial charge on any atom is -0.318 e. The van der Waals surface area contributed by atoms with Gasteiger partial charge in [0.1, 0.15) is 0 Å². The Hall–Kier alpha value is -3.46. The van der Waals surface area contributed by atoms with Crippen molar-refractivity contribution in [3.8, 4) is 6.07 Å². The Morgan fingerprint density at radius 1 is 1.00 bits per heavy atom. The number of benzene rings is 2. The van der Waals surface area contributed by atoms with Crippen LogP contribution in [0.5, 0.6) is 0 Å². The standard InChI is InChI=1S/C16H12N4O2/c17-10-12-6-8-14(9-7-12)19-15(21)16(22)20-18-11-13-4-2-1-3-5-13/h1-9,11H,(H,19,21)(H,20,22)/b18-11+. The quantitative estimate of drug-likeness (QED) is 0.511. The van der Waals surface area contributed by atoms with Crippen molar-refractivity contribution in [2.45, 2.75) is 0 Å². The van der Waals surface area contributed by atoms with Crippen molar-refractivity contribution in [2.75, 3.05) is 5.32 Å². The first-order valence-corrected chi connectivity index (χ1v) is 6.38. The summed E-state index contributed by atoms with van der Waals surface area (Å²) < 4.78 is 0. The third-order valence-electron chi connectivity index (χ3n) is 2.66. The molecule has 2 amide bonds. The fourth-order valence-corrected chi connectivity index (χ4v) is 1.57. The van der Waals surface area contributed by atoms with Crippen LogP contribution in [0.4, 0.5) is 5.69 Å². The van der Waals surface area contributed by atoms with Crippen LogP contribution in [0.3, 0.4) is 0 Å². The predicted octanol–water partition coefficient (Wildman–Crippen LogP) is 1.65. The van der Waals surface area contributed by atoms with E-state index in [4.69, 9.17) is 5.26 Å². The average molecular weight is 292 g/mol. The molecule has 0 fully saturated rings. The molecule has 2 rings (SSSR count). The van der Waals surface area contributed by atoms with Gasteiger partial charge in [0, 0.05) is 5.69 Å². The second kappa shape index (κ2) is 7.36. The molecule has 0 bridgehead atoms. The largest absolute Gasteiger partial charge is 0.329 e. The molecule has 22 heavy (non-hydrogen) atoms. The Labute approximate surface area is 127 Å². The van der Waals surface area contributed by atoms with E-state index in [2.05, 4.69) is 15.8 Å². The zero-order valence-electron chi connectivity index (χ0n) is 11.5. The van der Waals surface area contributed by atoms with E-state index >= 15 is 0 Å². The highest BCUT2D eigenvalue weighted by Crippen LogP contribution is 2.08. The first kappa shape index (κ1) is 14.9. The van der Waals surface area contributed by atoms with Crippen molar-refractivity contribution in [1.82, 2.24) is 5.43 Å². The van der Waals surface area contributed by atoms with E-state index in [-0.39, 0.29) is 0 Å². The fourth-order valence-electron chi connectivity index (χ4n) is 1.57. The first-order chi connectivity index (χ1) is 10.7. The Kier molecular flexibility index (Phi) is 5.00. The van der Waals surface area contributed by atoms with Crippen LogP contribution in [-0.2, 0) is 9.59 Å². The van der Waals surface area contributed by atoms with Gasteiger partial charge in [-0.05, 0) is 29.8 Å². The molecule has 0 aliphatic heterocycles. The highest BCUT2D eigenvalue weighted by molar-refractivity contribution is 6.39. The lowest BCUT2D eigenvalue weighted by atomic mass is 10.2. The lowest BCUT2D eigenvalue weighted by Gasteiger charge is -2.03. The number of hydrogen-bond acceptors (Lipinski definition) is 4. The Morgan fingerprint density at radius 3 is 2.32 bits per heavy atom. The van der Waals surface area contributed by atoms with Crippen LogP contribution in [0.25, 0.3) is 0 Å². The third-order valence-corrected chi connectivity index (χ3v) is 2.66. The lowest BCUT2D eigenvalue weighted by molar-refractivity contribution is -0.136. The molecule has 0 unspecified atom stereocenters. The molecule has 0 saturated heterocycles. The maximum absolute atomic E-state index is 11.6. The van der Waals surface area contributed by atoms with Crippen molar-refractivity contribution in [3.05, 3.63) is 65.7 Å². The Balaban J connectivity index is 1.88. The molecule has 108 valence electrons. The van der Waals surface area contributed by atoms with E-state index < -0.39 is 11.8 Å². The van der Waals surface area contributed by atoms with Crippen molar-refractivity contribution < 1.29 is 9.59 Å². The van der Waals surface area contributed by atoms with Gasteiger partial charge in [-0.3, -0.25) is 9.59 Å². The number of nitrogens with zero attached hydrogens (tertiary/aromatic N) is 2. The molecular formula is C16H12N4O2. The SMILES string of the molecule is N#Cc1ccc(NC(=O)C(=O)N/N=C/c2ccccc2)cc1. The minimum atomic E-state index is -0.878. The Bertz CT molecular complexity index is 731. The summed E-state index contributed by atoms with van der Waals surface area (Å²) in [6.07, 6.45) is 1.44. The zero-order chi connectivity index (χ0) is 15.8. The van der Waals surface area contributed by atoms with E-state index in [9.17, 15) is 9.59 Å². The minimum absolute atomic E-state index is 0.422. The average Bonchev–Trinajstić information content (AvgIpc) is 2.56. The monoisotopic (exact) mass is 292 g/mol. The van der Waals surface area contributed by atoms with Gasteiger partial charge >= 0.3 is 11.8 Å². The van der Waals surface area contributed by atoms with Gasteiger partial charge in [-0.15, -0.1) is 0 Å². The second-order valence-corrected chi connectivity index (χ2v) is 4.25. The normalized spacial score (nSPS) is 9.95. The van der Waals surface area contributed by atoms with Crippen LogP contribution in [0.2, 0.25) is 0 Å². The molecule has 6 heteroatoms. The van der Waals surface area contributed by atoms with E-state index in [0.717, 1.165) is 5.56 Å². The number of nitrogens with one attached hydrogen (secondary N) is 2. The first-order valence-electron chi connectivity index (χ1n) is 6.38. The number of anilines is 1. The zero-order valence-corrected chi connectivity index (χ0v) is 11.5. The molecule has 2 N–H and O–H groups in total. The molecule has 0 saturated carbocycles. The molecule has 0 spiro atoms. The lowest BCUT2D eigenvalue weighted by Crippen LogP contribution is -2.32. The number of amides is 2. The summed E-state index contributed by atoms with van der Waals surface area (Å²) in [6.45, 7) is 0. The number of hydrogen-bond donors (Lipinski definition) is 2. The Morgan fingerprint density at radius 2 is 1.68 bits per heavy atom. The van der Waals surface area contributed by atoms with E-state index in [1.54, 1.807) is 12.1 Å². The number of hydrazone groups is 1. The predicted molar refractivity (Wildman–Crippen MR) is 82.0 cm³/mol. The van der Waals surface area contributed by atoms with Crippen LogP contribution in [0.1, 0.15) is 11.1 Å². The third kappa shape index (κ3) is 4.28. The van der Waals surface area contributed by atoms with Gasteiger partial charge in [-0.1, -0.05) is 30.3 Å². The van der Waals surface area contributed by atoms with Crippen LogP contribution in [-0.4, -0.2) is 18.0 Å². The van der Waals surface area contributed by atoms with Crippen molar-refractivity contribution >= 4 is 23.7 Å². The van der Waals surface area contributed by atoms with Crippen molar-refractivity contribution in [2.24, 2.45) is 5.10 Å². The molecule has 6 nitrogen and oxygen atoms in total. The summed E-state index contributed by atoms with van der Waals surface area (Å²) in [5, 5.41) is 14.8. The van der Waals surface area contributed by atoms with Gasteiger partial charge in [-0.25, -0.2) is 5.43 Å². The van der Waals surface area contributed by atoms with Gasteiger partial charge in [0.15, 0.2) is 0 Å². The molecule has 0 aliphatic rings. The fraction of sp³-hybridized carbons (Fsp3) is 0. The van der Waals surface area contributed by atoms with Crippen LogP contribution >= 0.6 is 0 Å². The smallest absolute Gasteiger partial charge is 0.318 e. The van der Waals surface area contributed by atoms with Crippen LogP contribution in [0, 0.1) is 11.3 Å². The molecule has 0 aliphatic carbocycles. The molecular weight excluding hydrogens is 280 g/mol. The summed E-state index contributed by atoms with van der Waals surface area (Å²) >= 11 is 0. The summed E-state index contributed by atoms with van der Waals surface area (Å²) in [6, 6.07) is 17.3. The number of rotatable bonds is 3. The van der Waals surface area contributed by atoms with E-state index in [0.29, 0.717) is 11.3 Å². The molecule has 2 aromatic rings. The van der Waals surface area contributed by atoms with Gasteiger partial charge in [0.2, 0.25) is 0 Å². The second-order valence-electron chi connectivity index (χ2n) is 4.25. The molecule has 2 aromatic carbocycles. The maximum Gasteiger partial charge on any atom is 0.329 e. The maximum atomic E-state index is 11.6. The highest BCUT2D eigenvalue weighted by atomic mass is 16.2. The molecule has 0 radical (unpaired) electrons. The molecule has 0 heterocycles. The highest BCUT2D eigenvalue weighted by Gasteiger charge is 2.12.